The fourth-order valence-electron chi connectivity index (χ4n) is 8.88. The summed E-state index contributed by atoms with van der Waals surface area (Å²) in [4.78, 5) is 42.0. The number of likely N-dealkylation sites (tertiary alicyclic amines) is 3. The van der Waals surface area contributed by atoms with E-state index in [9.17, 15) is 9.59 Å². The highest BCUT2D eigenvalue weighted by Crippen LogP contribution is 2.44. The van der Waals surface area contributed by atoms with Gasteiger partial charge in [0.15, 0.2) is 0 Å². The summed E-state index contributed by atoms with van der Waals surface area (Å²) in [5.74, 6) is 1.10. The Balaban J connectivity index is 1.00. The minimum atomic E-state index is 0.156. The van der Waals surface area contributed by atoms with E-state index in [1.165, 1.54) is 5.56 Å². The predicted molar refractivity (Wildman–Crippen MR) is 218 cm³/mol. The van der Waals surface area contributed by atoms with Crippen LogP contribution in [0, 0.1) is 5.41 Å². The van der Waals surface area contributed by atoms with E-state index in [0.29, 0.717) is 21.8 Å². The van der Waals surface area contributed by atoms with Crippen LogP contribution >= 0.6 is 23.2 Å². The number of benzene rings is 2. The molecule has 10 nitrogen and oxygen atoms in total. The number of fused-ring (bicyclic) bond motifs is 1. The van der Waals surface area contributed by atoms with E-state index in [1.54, 1.807) is 27.2 Å². The smallest absolute Gasteiger partial charge is 0.219 e. The van der Waals surface area contributed by atoms with Crippen LogP contribution in [-0.2, 0) is 29.7 Å². The molecule has 3 saturated heterocycles. The molecule has 55 heavy (non-hydrogen) atoms. The SMILES string of the molecule is COc1cc(-c2nccc(-c3cccc(-c4ccc5c(CN(C)C6CCN(C(C)=O)CC6)cn(C)c5n4)c3Cl)c2Cl)ccc1CN1CC2(C1)CN(C(C)=O)C2. The Labute approximate surface area is 332 Å². The molecule has 0 atom stereocenters. The summed E-state index contributed by atoms with van der Waals surface area (Å²) in [6, 6.07) is 18.6. The molecule has 2 amide bonds. The third kappa shape index (κ3) is 7.10. The molecule has 286 valence electrons. The van der Waals surface area contributed by atoms with Crippen LogP contribution in [-0.4, -0.2) is 105 Å². The zero-order valence-corrected chi connectivity index (χ0v) is 33.6. The zero-order chi connectivity index (χ0) is 38.6. The van der Waals surface area contributed by atoms with Crippen molar-refractivity contribution in [1.29, 1.82) is 0 Å². The molecule has 0 bridgehead atoms. The summed E-state index contributed by atoms with van der Waals surface area (Å²) in [5.41, 5.74) is 8.16. The molecule has 0 radical (unpaired) electrons. The molecule has 0 unspecified atom stereocenters. The fourth-order valence-corrected chi connectivity index (χ4v) is 9.53. The van der Waals surface area contributed by atoms with Gasteiger partial charge in [0.2, 0.25) is 11.8 Å². The molecule has 0 N–H and O–H groups in total. The minimum Gasteiger partial charge on any atom is -0.496 e. The molecule has 2 aromatic carbocycles. The Morgan fingerprint density at radius 3 is 2.31 bits per heavy atom. The monoisotopic (exact) mass is 779 g/mol. The maximum absolute atomic E-state index is 11.8. The summed E-state index contributed by atoms with van der Waals surface area (Å²) in [7, 11) is 5.90. The van der Waals surface area contributed by atoms with Gasteiger partial charge in [-0.05, 0) is 49.7 Å². The molecular formula is C43H47Cl2N7O3. The Hall–Kier alpha value is -4.48. The number of carbonyl (C=O) groups is 2. The minimum absolute atomic E-state index is 0.156. The number of rotatable bonds is 9. The number of ether oxygens (including phenoxy) is 1. The van der Waals surface area contributed by atoms with Gasteiger partial charge in [0, 0.05) is 130 Å². The maximum Gasteiger partial charge on any atom is 0.219 e. The van der Waals surface area contributed by atoms with Gasteiger partial charge in [-0.1, -0.05) is 53.5 Å². The maximum atomic E-state index is 11.8. The number of nitrogens with zero attached hydrogens (tertiary/aromatic N) is 7. The van der Waals surface area contributed by atoms with Crippen molar-refractivity contribution < 1.29 is 14.3 Å². The van der Waals surface area contributed by atoms with Crippen molar-refractivity contribution in [3.05, 3.63) is 88.2 Å². The van der Waals surface area contributed by atoms with Crippen LogP contribution < -0.4 is 4.74 Å². The van der Waals surface area contributed by atoms with Crippen molar-refractivity contribution in [2.75, 3.05) is 53.4 Å². The van der Waals surface area contributed by atoms with Crippen LogP contribution in [0.3, 0.4) is 0 Å². The zero-order valence-electron chi connectivity index (χ0n) is 32.1. The third-order valence-electron chi connectivity index (χ3n) is 11.9. The first-order valence-corrected chi connectivity index (χ1v) is 19.7. The molecule has 3 fully saturated rings. The van der Waals surface area contributed by atoms with Gasteiger partial charge in [-0.15, -0.1) is 0 Å². The number of hydrogen-bond donors (Lipinski definition) is 0. The highest BCUT2D eigenvalue weighted by atomic mass is 35.5. The first-order valence-electron chi connectivity index (χ1n) is 18.9. The highest BCUT2D eigenvalue weighted by molar-refractivity contribution is 6.39. The number of pyridine rings is 2. The molecule has 0 aliphatic carbocycles. The lowest BCUT2D eigenvalue weighted by molar-refractivity contribution is -0.157. The topological polar surface area (TPSA) is 87.0 Å². The number of aromatic nitrogens is 3. The average Bonchev–Trinajstić information content (AvgIpc) is 3.45. The van der Waals surface area contributed by atoms with Crippen molar-refractivity contribution >= 4 is 46.0 Å². The standard InChI is InChI=1S/C43H47Cl2N7O3/c1-27(53)51-17-14-32(15-18-51)48(3)20-31-21-49(4)42-33(31)11-12-37(47-42)36-8-6-7-34(39(36)44)35-13-16-46-41(40(35)45)29-9-10-30(38(19-29)55-5)22-50-23-43(24-50)25-52(26-43)28(2)54/h6-13,16,19,21,32H,14-15,17-18,20,22-26H2,1-5H3. The lowest BCUT2D eigenvalue weighted by atomic mass is 9.72. The second-order valence-electron chi connectivity index (χ2n) is 15.7. The van der Waals surface area contributed by atoms with Gasteiger partial charge >= 0.3 is 0 Å². The van der Waals surface area contributed by atoms with E-state index in [2.05, 4.69) is 39.7 Å². The number of piperidine rings is 1. The number of amides is 2. The summed E-state index contributed by atoms with van der Waals surface area (Å²) < 4.78 is 7.94. The summed E-state index contributed by atoms with van der Waals surface area (Å²) >= 11 is 14.4. The van der Waals surface area contributed by atoms with E-state index in [4.69, 9.17) is 37.9 Å². The number of halogens is 2. The molecule has 6 heterocycles. The van der Waals surface area contributed by atoms with Crippen LogP contribution in [0.5, 0.6) is 5.75 Å². The van der Waals surface area contributed by atoms with Gasteiger partial charge in [0.25, 0.3) is 0 Å². The third-order valence-corrected chi connectivity index (χ3v) is 12.7. The first-order chi connectivity index (χ1) is 26.4. The van der Waals surface area contributed by atoms with Gasteiger partial charge in [0.05, 0.1) is 28.5 Å². The van der Waals surface area contributed by atoms with Gasteiger partial charge in [0.1, 0.15) is 11.4 Å². The highest BCUT2D eigenvalue weighted by Gasteiger charge is 2.52. The Kier molecular flexibility index (Phi) is 10.1. The number of aryl methyl sites for hydroxylation is 1. The molecule has 8 rings (SSSR count). The Morgan fingerprint density at radius 2 is 1.60 bits per heavy atom. The van der Waals surface area contributed by atoms with Crippen LogP contribution in [0.2, 0.25) is 10.0 Å². The van der Waals surface area contributed by atoms with E-state index < -0.39 is 0 Å². The summed E-state index contributed by atoms with van der Waals surface area (Å²) in [6.07, 6.45) is 5.89. The summed E-state index contributed by atoms with van der Waals surface area (Å²) in [6.45, 7) is 10.2. The average molecular weight is 781 g/mol. The van der Waals surface area contributed by atoms with Crippen molar-refractivity contribution in [1.82, 2.24) is 34.1 Å². The lowest BCUT2D eigenvalue weighted by Crippen LogP contribution is -2.72. The predicted octanol–water partition coefficient (Wildman–Crippen LogP) is 7.39. The van der Waals surface area contributed by atoms with Gasteiger partial charge in [-0.2, -0.15) is 0 Å². The van der Waals surface area contributed by atoms with Crippen molar-refractivity contribution in [3.8, 4) is 39.4 Å². The van der Waals surface area contributed by atoms with Crippen LogP contribution in [0.15, 0.2) is 67.0 Å². The van der Waals surface area contributed by atoms with Gasteiger partial charge in [-0.3, -0.25) is 24.4 Å². The first kappa shape index (κ1) is 37.4. The van der Waals surface area contributed by atoms with Crippen LogP contribution in [0.1, 0.15) is 37.8 Å². The summed E-state index contributed by atoms with van der Waals surface area (Å²) in [5, 5.41) is 2.19. The largest absolute Gasteiger partial charge is 0.496 e. The normalized spacial score (nSPS) is 17.2. The Morgan fingerprint density at radius 1 is 0.891 bits per heavy atom. The van der Waals surface area contributed by atoms with Gasteiger partial charge in [-0.25, -0.2) is 4.98 Å². The van der Waals surface area contributed by atoms with E-state index in [0.717, 1.165) is 115 Å². The van der Waals surface area contributed by atoms with Crippen molar-refractivity contribution in [2.45, 2.75) is 45.8 Å². The molecule has 12 heteroatoms. The number of hydrogen-bond acceptors (Lipinski definition) is 7. The van der Waals surface area contributed by atoms with Crippen molar-refractivity contribution in [2.24, 2.45) is 12.5 Å². The molecule has 0 saturated carbocycles. The van der Waals surface area contributed by atoms with E-state index in [-0.39, 0.29) is 17.2 Å². The quantitative estimate of drug-likeness (QED) is 0.154. The molecule has 3 aliphatic heterocycles. The molecule has 3 aliphatic rings. The number of carbonyl (C=O) groups excluding carboxylic acids is 2. The second-order valence-corrected chi connectivity index (χ2v) is 16.5. The molecule has 3 aromatic heterocycles. The molecule has 1 spiro atoms. The second kappa shape index (κ2) is 14.9. The van der Waals surface area contributed by atoms with Gasteiger partial charge < -0.3 is 19.1 Å². The van der Waals surface area contributed by atoms with Crippen LogP contribution in [0.4, 0.5) is 0 Å². The van der Waals surface area contributed by atoms with Crippen molar-refractivity contribution in [3.63, 3.8) is 0 Å². The number of methoxy groups -OCH3 is 1. The lowest BCUT2D eigenvalue weighted by Gasteiger charge is -2.60. The Bertz CT molecular complexity index is 2290. The van der Waals surface area contributed by atoms with E-state index >= 15 is 0 Å². The fraction of sp³-hybridized carbons (Fsp3) is 0.395. The van der Waals surface area contributed by atoms with E-state index in [1.807, 2.05) is 59.3 Å². The van der Waals surface area contributed by atoms with Crippen LogP contribution in [0.25, 0.3) is 44.7 Å². The molecular weight excluding hydrogens is 733 g/mol. The molecule has 5 aromatic rings.